The summed E-state index contributed by atoms with van der Waals surface area (Å²) in [5, 5.41) is 0. The number of hydrogen-bond donors (Lipinski definition) is 1. The molecule has 0 aliphatic heterocycles. The highest BCUT2D eigenvalue weighted by molar-refractivity contribution is 7.92. The van der Waals surface area contributed by atoms with E-state index < -0.39 is 15.8 Å². The van der Waals surface area contributed by atoms with Crippen LogP contribution < -0.4 is 4.72 Å². The van der Waals surface area contributed by atoms with Crippen molar-refractivity contribution in [2.75, 3.05) is 17.8 Å². The first kappa shape index (κ1) is 19.9. The average molecular weight is 378 g/mol. The number of rotatable bonds is 8. The molecule has 2 rings (SSSR count). The number of benzene rings is 2. The summed E-state index contributed by atoms with van der Waals surface area (Å²) < 4.78 is 40.3. The van der Waals surface area contributed by atoms with E-state index in [1.165, 1.54) is 42.5 Å². The van der Waals surface area contributed by atoms with E-state index in [4.69, 9.17) is 0 Å². The molecule has 26 heavy (non-hydrogen) atoms. The fraction of sp³-hybridized carbons (Fsp3) is 0.316. The van der Waals surface area contributed by atoms with Crippen LogP contribution in [0, 0.1) is 5.82 Å². The lowest BCUT2D eigenvalue weighted by Crippen LogP contribution is -2.32. The second-order valence-electron chi connectivity index (χ2n) is 5.93. The van der Waals surface area contributed by atoms with Crippen LogP contribution in [0.3, 0.4) is 0 Å². The highest BCUT2D eigenvalue weighted by Gasteiger charge is 2.18. The van der Waals surface area contributed by atoms with Gasteiger partial charge in [0.25, 0.3) is 15.9 Å². The monoisotopic (exact) mass is 378 g/mol. The van der Waals surface area contributed by atoms with Crippen LogP contribution in [-0.2, 0) is 10.0 Å². The maximum absolute atomic E-state index is 13.2. The standard InChI is InChI=1S/C19H23FN2O3S/c1-3-12-22(13-4-2)19(23)15-8-10-18(11-9-15)26(24,25)21-17-7-5-6-16(20)14-17/h5-11,14,21H,3-4,12-13H2,1-2H3. The molecule has 0 saturated carbocycles. The predicted molar refractivity (Wildman–Crippen MR) is 100 cm³/mol. The van der Waals surface area contributed by atoms with Gasteiger partial charge in [-0.25, -0.2) is 12.8 Å². The summed E-state index contributed by atoms with van der Waals surface area (Å²) in [5.74, 6) is -0.645. The number of amides is 1. The van der Waals surface area contributed by atoms with Gasteiger partial charge in [0.2, 0.25) is 0 Å². The van der Waals surface area contributed by atoms with Crippen molar-refractivity contribution in [3.05, 3.63) is 59.9 Å². The number of nitrogens with zero attached hydrogens (tertiary/aromatic N) is 1. The zero-order valence-electron chi connectivity index (χ0n) is 14.9. The van der Waals surface area contributed by atoms with E-state index in [1.54, 1.807) is 4.90 Å². The molecule has 0 fully saturated rings. The third kappa shape index (κ3) is 5.05. The molecule has 1 N–H and O–H groups in total. The number of carbonyl (C=O) groups excluding carboxylic acids is 1. The Morgan fingerprint density at radius 1 is 1.04 bits per heavy atom. The van der Waals surface area contributed by atoms with Crippen LogP contribution in [0.1, 0.15) is 37.0 Å². The molecule has 0 aliphatic rings. The zero-order valence-corrected chi connectivity index (χ0v) is 15.7. The molecule has 0 atom stereocenters. The summed E-state index contributed by atoms with van der Waals surface area (Å²) in [6.45, 7) is 5.33. The largest absolute Gasteiger partial charge is 0.339 e. The van der Waals surface area contributed by atoms with Gasteiger partial charge < -0.3 is 4.90 Å². The molecule has 1 amide bonds. The molecule has 0 spiro atoms. The van der Waals surface area contributed by atoms with E-state index in [0.29, 0.717) is 18.7 Å². The number of hydrogen-bond acceptors (Lipinski definition) is 3. The van der Waals surface area contributed by atoms with Crippen molar-refractivity contribution in [2.24, 2.45) is 0 Å². The van der Waals surface area contributed by atoms with Crippen LogP contribution in [0.15, 0.2) is 53.4 Å². The number of nitrogens with one attached hydrogen (secondary N) is 1. The van der Waals surface area contributed by atoms with Gasteiger partial charge in [-0.2, -0.15) is 0 Å². The number of sulfonamides is 1. The molecule has 0 radical (unpaired) electrons. The minimum atomic E-state index is -3.85. The molecule has 5 nitrogen and oxygen atoms in total. The van der Waals surface area contributed by atoms with Crippen LogP contribution in [0.5, 0.6) is 0 Å². The number of anilines is 1. The summed E-state index contributed by atoms with van der Waals surface area (Å²) in [6, 6.07) is 11.0. The van der Waals surface area contributed by atoms with Gasteiger partial charge in [-0.05, 0) is 55.3 Å². The van der Waals surface area contributed by atoms with E-state index >= 15 is 0 Å². The summed E-state index contributed by atoms with van der Waals surface area (Å²) in [4.78, 5) is 14.3. The maximum atomic E-state index is 13.2. The van der Waals surface area contributed by atoms with E-state index in [0.717, 1.165) is 18.9 Å². The molecule has 0 aromatic heterocycles. The Kier molecular flexibility index (Phi) is 6.74. The molecule has 2 aromatic carbocycles. The van der Waals surface area contributed by atoms with Crippen LogP contribution >= 0.6 is 0 Å². The van der Waals surface area contributed by atoms with Crippen molar-refractivity contribution in [1.82, 2.24) is 4.90 Å². The van der Waals surface area contributed by atoms with Crippen LogP contribution in [0.4, 0.5) is 10.1 Å². The molecule has 7 heteroatoms. The maximum Gasteiger partial charge on any atom is 0.261 e. The molecule has 0 heterocycles. The lowest BCUT2D eigenvalue weighted by Gasteiger charge is -2.21. The minimum absolute atomic E-state index is 0.0100. The van der Waals surface area contributed by atoms with Crippen LogP contribution in [-0.4, -0.2) is 32.3 Å². The van der Waals surface area contributed by atoms with Crippen molar-refractivity contribution < 1.29 is 17.6 Å². The Bertz CT molecular complexity index is 845. The van der Waals surface area contributed by atoms with Gasteiger partial charge in [-0.3, -0.25) is 9.52 Å². The van der Waals surface area contributed by atoms with Crippen LogP contribution in [0.25, 0.3) is 0 Å². The molecule has 0 aliphatic carbocycles. The molecule has 0 unspecified atom stereocenters. The first-order valence-corrected chi connectivity index (χ1v) is 10.0. The van der Waals surface area contributed by atoms with Crippen molar-refractivity contribution in [1.29, 1.82) is 0 Å². The lowest BCUT2D eigenvalue weighted by atomic mass is 10.2. The third-order valence-electron chi connectivity index (χ3n) is 3.76. The van der Waals surface area contributed by atoms with Crippen molar-refractivity contribution in [2.45, 2.75) is 31.6 Å². The van der Waals surface area contributed by atoms with Gasteiger partial charge in [0.05, 0.1) is 10.6 Å². The SMILES string of the molecule is CCCN(CCC)C(=O)c1ccc(S(=O)(=O)Nc2cccc(F)c2)cc1. The Balaban J connectivity index is 2.18. The van der Waals surface area contributed by atoms with Crippen molar-refractivity contribution >= 4 is 21.6 Å². The highest BCUT2D eigenvalue weighted by Crippen LogP contribution is 2.18. The number of carbonyl (C=O) groups is 1. The van der Waals surface area contributed by atoms with Crippen molar-refractivity contribution in [3.8, 4) is 0 Å². The minimum Gasteiger partial charge on any atom is -0.339 e. The zero-order chi connectivity index (χ0) is 19.2. The Morgan fingerprint density at radius 2 is 1.65 bits per heavy atom. The normalized spacial score (nSPS) is 11.2. The molecule has 2 aromatic rings. The molecular weight excluding hydrogens is 355 g/mol. The average Bonchev–Trinajstić information content (AvgIpc) is 2.61. The Labute approximate surface area is 153 Å². The van der Waals surface area contributed by atoms with Gasteiger partial charge in [0.1, 0.15) is 5.82 Å². The third-order valence-corrected chi connectivity index (χ3v) is 5.16. The topological polar surface area (TPSA) is 66.5 Å². The van der Waals surface area contributed by atoms with Gasteiger partial charge in [0.15, 0.2) is 0 Å². The molecule has 140 valence electrons. The summed E-state index contributed by atoms with van der Waals surface area (Å²) in [5.41, 5.74) is 0.582. The second-order valence-corrected chi connectivity index (χ2v) is 7.61. The van der Waals surface area contributed by atoms with Crippen LogP contribution in [0.2, 0.25) is 0 Å². The lowest BCUT2D eigenvalue weighted by molar-refractivity contribution is 0.0755. The summed E-state index contributed by atoms with van der Waals surface area (Å²) >= 11 is 0. The molecular formula is C19H23FN2O3S. The predicted octanol–water partition coefficient (Wildman–Crippen LogP) is 3.89. The summed E-state index contributed by atoms with van der Waals surface area (Å²) in [7, 11) is -3.85. The van der Waals surface area contributed by atoms with E-state index in [-0.39, 0.29) is 16.5 Å². The fourth-order valence-electron chi connectivity index (χ4n) is 2.58. The van der Waals surface area contributed by atoms with Gasteiger partial charge in [-0.15, -0.1) is 0 Å². The molecule has 0 bridgehead atoms. The smallest absolute Gasteiger partial charge is 0.261 e. The Morgan fingerprint density at radius 3 is 2.19 bits per heavy atom. The second kappa shape index (κ2) is 8.80. The highest BCUT2D eigenvalue weighted by atomic mass is 32.2. The van der Waals surface area contributed by atoms with E-state index in [9.17, 15) is 17.6 Å². The molecule has 0 saturated heterocycles. The first-order chi connectivity index (χ1) is 12.4. The van der Waals surface area contributed by atoms with Gasteiger partial charge >= 0.3 is 0 Å². The van der Waals surface area contributed by atoms with Gasteiger partial charge in [-0.1, -0.05) is 19.9 Å². The van der Waals surface area contributed by atoms with E-state index in [2.05, 4.69) is 4.72 Å². The quantitative estimate of drug-likeness (QED) is 0.758. The first-order valence-electron chi connectivity index (χ1n) is 8.55. The summed E-state index contributed by atoms with van der Waals surface area (Å²) in [6.07, 6.45) is 1.71. The Hall–Kier alpha value is -2.41. The number of halogens is 1. The van der Waals surface area contributed by atoms with Crippen molar-refractivity contribution in [3.63, 3.8) is 0 Å². The fourth-order valence-corrected chi connectivity index (χ4v) is 3.63. The van der Waals surface area contributed by atoms with Gasteiger partial charge in [0, 0.05) is 18.7 Å². The van der Waals surface area contributed by atoms with E-state index in [1.807, 2.05) is 13.8 Å².